The van der Waals surface area contributed by atoms with Crippen molar-refractivity contribution >= 4 is 5.91 Å². The number of benzene rings is 1. The van der Waals surface area contributed by atoms with Crippen LogP contribution in [-0.4, -0.2) is 56.6 Å². The molecular weight excluding hydrogens is 373 g/mol. The molecule has 0 radical (unpaired) electrons. The molecule has 0 unspecified atom stereocenters. The van der Waals surface area contributed by atoms with Gasteiger partial charge in [-0.2, -0.15) is 5.10 Å². The number of aryl methyl sites for hydroxylation is 2. The van der Waals surface area contributed by atoms with E-state index in [1.165, 1.54) is 12.1 Å². The molecule has 1 fully saturated rings. The Labute approximate surface area is 171 Å². The minimum absolute atomic E-state index is 0.0106. The van der Waals surface area contributed by atoms with E-state index in [-0.39, 0.29) is 24.9 Å². The quantitative estimate of drug-likeness (QED) is 0.773. The Hall–Kier alpha value is -2.25. The SMILES string of the molecule is Cc1nn(C)c(C)c1CCC(=O)N1CC[C@H](O)[C@@](CO)(Cc2ccc(F)cc2)C1. The first-order chi connectivity index (χ1) is 13.8. The Balaban J connectivity index is 1.70. The van der Waals surface area contributed by atoms with Gasteiger partial charge in [0.15, 0.2) is 0 Å². The van der Waals surface area contributed by atoms with Crippen molar-refractivity contribution in [1.29, 1.82) is 0 Å². The molecule has 0 aliphatic carbocycles. The normalized spacial score (nSPS) is 22.1. The van der Waals surface area contributed by atoms with E-state index in [4.69, 9.17) is 0 Å². The van der Waals surface area contributed by atoms with Gasteiger partial charge >= 0.3 is 0 Å². The van der Waals surface area contributed by atoms with Gasteiger partial charge in [-0.3, -0.25) is 9.48 Å². The van der Waals surface area contributed by atoms with Crippen LogP contribution in [0.3, 0.4) is 0 Å². The summed E-state index contributed by atoms with van der Waals surface area (Å²) in [6, 6.07) is 6.07. The molecule has 29 heavy (non-hydrogen) atoms. The van der Waals surface area contributed by atoms with Gasteiger partial charge in [0.05, 0.1) is 18.4 Å². The fraction of sp³-hybridized carbons (Fsp3) is 0.545. The predicted molar refractivity (Wildman–Crippen MR) is 108 cm³/mol. The number of piperidine rings is 1. The molecule has 1 aromatic carbocycles. The van der Waals surface area contributed by atoms with Gasteiger partial charge in [0, 0.05) is 37.7 Å². The molecule has 2 N–H and O–H groups in total. The van der Waals surface area contributed by atoms with Gasteiger partial charge in [-0.1, -0.05) is 12.1 Å². The largest absolute Gasteiger partial charge is 0.396 e. The van der Waals surface area contributed by atoms with Gasteiger partial charge in [0.2, 0.25) is 5.91 Å². The zero-order valence-corrected chi connectivity index (χ0v) is 17.4. The molecule has 1 saturated heterocycles. The van der Waals surface area contributed by atoms with Crippen molar-refractivity contribution in [3.05, 3.63) is 52.6 Å². The molecule has 7 heteroatoms. The molecule has 1 amide bonds. The van der Waals surface area contributed by atoms with Gasteiger partial charge in [0.25, 0.3) is 0 Å². The zero-order valence-electron chi connectivity index (χ0n) is 17.4. The lowest BCUT2D eigenvalue weighted by Crippen LogP contribution is -2.56. The van der Waals surface area contributed by atoms with Crippen LogP contribution in [0.25, 0.3) is 0 Å². The first kappa shape index (κ1) is 21.5. The number of likely N-dealkylation sites (tertiary alicyclic amines) is 1. The van der Waals surface area contributed by atoms with Crippen LogP contribution in [0, 0.1) is 25.1 Å². The summed E-state index contributed by atoms with van der Waals surface area (Å²) in [5.74, 6) is -0.315. The smallest absolute Gasteiger partial charge is 0.222 e. The summed E-state index contributed by atoms with van der Waals surface area (Å²) in [6.45, 7) is 4.46. The number of hydrogen-bond acceptors (Lipinski definition) is 4. The van der Waals surface area contributed by atoms with Crippen LogP contribution in [0.5, 0.6) is 0 Å². The molecule has 3 rings (SSSR count). The Bertz CT molecular complexity index is 865. The molecule has 0 bridgehead atoms. The Morgan fingerprint density at radius 1 is 1.31 bits per heavy atom. The fourth-order valence-electron chi connectivity index (χ4n) is 4.32. The van der Waals surface area contributed by atoms with Crippen LogP contribution in [-0.2, 0) is 24.7 Å². The lowest BCUT2D eigenvalue weighted by atomic mass is 9.73. The van der Waals surface area contributed by atoms with Crippen molar-refractivity contribution in [2.75, 3.05) is 19.7 Å². The predicted octanol–water partition coefficient (Wildman–Crippen LogP) is 1.92. The van der Waals surface area contributed by atoms with E-state index in [1.807, 2.05) is 25.6 Å². The number of aromatic nitrogens is 2. The van der Waals surface area contributed by atoms with Crippen molar-refractivity contribution in [3.8, 4) is 0 Å². The molecular formula is C22H30FN3O3. The third-order valence-electron chi connectivity index (χ3n) is 6.27. The van der Waals surface area contributed by atoms with Gasteiger partial charge in [0.1, 0.15) is 5.82 Å². The van der Waals surface area contributed by atoms with E-state index in [1.54, 1.807) is 17.0 Å². The van der Waals surface area contributed by atoms with E-state index in [2.05, 4.69) is 5.10 Å². The van der Waals surface area contributed by atoms with E-state index < -0.39 is 11.5 Å². The third-order valence-corrected chi connectivity index (χ3v) is 6.27. The summed E-state index contributed by atoms with van der Waals surface area (Å²) in [4.78, 5) is 14.6. The Kier molecular flexibility index (Phi) is 6.39. The first-order valence-corrected chi connectivity index (χ1v) is 10.1. The number of hydrogen-bond donors (Lipinski definition) is 2. The van der Waals surface area contributed by atoms with Crippen LogP contribution in [0.2, 0.25) is 0 Å². The monoisotopic (exact) mass is 403 g/mol. The van der Waals surface area contributed by atoms with Gasteiger partial charge < -0.3 is 15.1 Å². The summed E-state index contributed by atoms with van der Waals surface area (Å²) in [7, 11) is 1.89. The Morgan fingerprint density at radius 2 is 2.00 bits per heavy atom. The molecule has 1 aliphatic heterocycles. The second kappa shape index (κ2) is 8.63. The average molecular weight is 403 g/mol. The van der Waals surface area contributed by atoms with Crippen molar-refractivity contribution in [1.82, 2.24) is 14.7 Å². The lowest BCUT2D eigenvalue weighted by molar-refractivity contribution is -0.141. The molecule has 1 aromatic heterocycles. The highest BCUT2D eigenvalue weighted by Crippen LogP contribution is 2.34. The van der Waals surface area contributed by atoms with Crippen LogP contribution >= 0.6 is 0 Å². The molecule has 0 spiro atoms. The molecule has 0 saturated carbocycles. The van der Waals surface area contributed by atoms with Crippen LogP contribution in [0.1, 0.15) is 35.4 Å². The van der Waals surface area contributed by atoms with Crippen molar-refractivity contribution in [3.63, 3.8) is 0 Å². The molecule has 2 atom stereocenters. The highest BCUT2D eigenvalue weighted by atomic mass is 19.1. The maximum atomic E-state index is 13.2. The van der Waals surface area contributed by atoms with Crippen LogP contribution in [0.4, 0.5) is 4.39 Å². The summed E-state index contributed by atoms with van der Waals surface area (Å²) >= 11 is 0. The number of aliphatic hydroxyl groups excluding tert-OH is 2. The molecule has 2 heterocycles. The number of carbonyl (C=O) groups excluding carboxylic acids is 1. The number of aliphatic hydroxyl groups is 2. The number of nitrogens with zero attached hydrogens (tertiary/aromatic N) is 3. The van der Waals surface area contributed by atoms with E-state index in [9.17, 15) is 19.4 Å². The summed E-state index contributed by atoms with van der Waals surface area (Å²) in [6.07, 6.45) is 1.06. The second-order valence-corrected chi connectivity index (χ2v) is 8.22. The standard InChI is InChI=1S/C22H30FN3O3/c1-15-19(16(2)25(3)24-15)8-9-21(29)26-11-10-20(28)22(13-26,14-27)12-17-4-6-18(23)7-5-17/h4-7,20,27-28H,8-14H2,1-3H3/t20-,22-/m0/s1. The number of halogens is 1. The average Bonchev–Trinajstić information content (AvgIpc) is 2.95. The summed E-state index contributed by atoms with van der Waals surface area (Å²) < 4.78 is 15.0. The number of amides is 1. The van der Waals surface area contributed by atoms with Crippen molar-refractivity contribution in [2.45, 2.75) is 45.6 Å². The van der Waals surface area contributed by atoms with Gasteiger partial charge in [-0.15, -0.1) is 0 Å². The maximum Gasteiger partial charge on any atom is 0.222 e. The van der Waals surface area contributed by atoms with E-state index in [0.29, 0.717) is 32.2 Å². The van der Waals surface area contributed by atoms with Crippen LogP contribution in [0.15, 0.2) is 24.3 Å². The van der Waals surface area contributed by atoms with Gasteiger partial charge in [-0.05, 0) is 56.4 Å². The highest BCUT2D eigenvalue weighted by molar-refractivity contribution is 5.76. The summed E-state index contributed by atoms with van der Waals surface area (Å²) in [5.41, 5.74) is 3.08. The maximum absolute atomic E-state index is 13.2. The minimum atomic E-state index is -0.841. The first-order valence-electron chi connectivity index (χ1n) is 10.1. The summed E-state index contributed by atoms with van der Waals surface area (Å²) in [5, 5.41) is 25.2. The molecule has 6 nitrogen and oxygen atoms in total. The fourth-order valence-corrected chi connectivity index (χ4v) is 4.32. The molecule has 2 aromatic rings. The topological polar surface area (TPSA) is 78.6 Å². The molecule has 158 valence electrons. The molecule has 1 aliphatic rings. The Morgan fingerprint density at radius 3 is 2.59 bits per heavy atom. The second-order valence-electron chi connectivity index (χ2n) is 8.22. The minimum Gasteiger partial charge on any atom is -0.396 e. The number of carbonyl (C=O) groups is 1. The highest BCUT2D eigenvalue weighted by Gasteiger charge is 2.43. The van der Waals surface area contributed by atoms with Gasteiger partial charge in [-0.25, -0.2) is 4.39 Å². The van der Waals surface area contributed by atoms with Crippen LogP contribution < -0.4 is 0 Å². The van der Waals surface area contributed by atoms with E-state index in [0.717, 1.165) is 22.5 Å². The zero-order chi connectivity index (χ0) is 21.2. The van der Waals surface area contributed by atoms with Crippen molar-refractivity contribution < 1.29 is 19.4 Å². The number of rotatable bonds is 6. The van der Waals surface area contributed by atoms with Crippen molar-refractivity contribution in [2.24, 2.45) is 12.5 Å². The lowest BCUT2D eigenvalue weighted by Gasteiger charge is -2.45. The third kappa shape index (κ3) is 4.51. The van der Waals surface area contributed by atoms with E-state index >= 15 is 0 Å².